The molecule has 0 aromatic heterocycles. The number of hydrogen-bond donors (Lipinski definition) is 1. The second-order valence-electron chi connectivity index (χ2n) is 2.01. The van der Waals surface area contributed by atoms with Gasteiger partial charge >= 0.3 is 0 Å². The number of fused-ring (bicyclic) bond motifs is 1. The molecule has 0 spiro atoms. The van der Waals surface area contributed by atoms with Crippen LogP contribution in [0, 0.1) is 0 Å². The average Bonchev–Trinajstić information content (AvgIpc) is 1.72. The molecule has 0 saturated heterocycles. The van der Waals surface area contributed by atoms with Crippen LogP contribution in [-0.4, -0.2) is 0 Å². The largest absolute Gasteiger partial charge is 0.381 e. The van der Waals surface area contributed by atoms with Crippen molar-refractivity contribution in [2.24, 2.45) is 0 Å². The van der Waals surface area contributed by atoms with Crippen LogP contribution < -0.4 is 5.32 Å². The molecular formula is C7H7N. The summed E-state index contributed by atoms with van der Waals surface area (Å²) in [4.78, 5) is 0. The van der Waals surface area contributed by atoms with Crippen LogP contribution in [0.3, 0.4) is 0 Å². The number of benzene rings is 1. The molecule has 0 atom stereocenters. The third-order valence-electron chi connectivity index (χ3n) is 1.49. The minimum Gasteiger partial charge on any atom is -0.381 e. The quantitative estimate of drug-likeness (QED) is 0.528. The summed E-state index contributed by atoms with van der Waals surface area (Å²) in [5, 5.41) is 3.19. The van der Waals surface area contributed by atoms with Gasteiger partial charge in [0.1, 0.15) is 0 Å². The van der Waals surface area contributed by atoms with Crippen molar-refractivity contribution in [1.29, 1.82) is 0 Å². The third-order valence-corrected chi connectivity index (χ3v) is 1.49. The summed E-state index contributed by atoms with van der Waals surface area (Å²) < 4.78 is 0. The van der Waals surface area contributed by atoms with Crippen LogP contribution in [0.1, 0.15) is 5.56 Å². The number of rotatable bonds is 0. The Morgan fingerprint density at radius 3 is 2.50 bits per heavy atom. The van der Waals surface area contributed by atoms with E-state index in [1.807, 2.05) is 6.07 Å². The molecule has 2 rings (SSSR count). The van der Waals surface area contributed by atoms with Gasteiger partial charge in [0.2, 0.25) is 0 Å². The zero-order valence-electron chi connectivity index (χ0n) is 4.52. The van der Waals surface area contributed by atoms with Crippen LogP contribution in [0.5, 0.6) is 0 Å². The molecule has 0 radical (unpaired) electrons. The minimum atomic E-state index is 1.05. The van der Waals surface area contributed by atoms with Crippen molar-refractivity contribution in [1.82, 2.24) is 0 Å². The maximum atomic E-state index is 3.19. The highest BCUT2D eigenvalue weighted by atomic mass is 14.9. The molecule has 0 aliphatic carbocycles. The molecule has 1 N–H and O–H groups in total. The Labute approximate surface area is 48.3 Å². The first kappa shape index (κ1) is 3.96. The Morgan fingerprint density at radius 2 is 2.12 bits per heavy atom. The normalized spacial score (nSPS) is 13.5. The van der Waals surface area contributed by atoms with Crippen molar-refractivity contribution in [3.05, 3.63) is 29.8 Å². The maximum absolute atomic E-state index is 3.19. The van der Waals surface area contributed by atoms with Crippen LogP contribution in [0.4, 0.5) is 5.69 Å². The Bertz CT molecular complexity index is 182. The number of nitrogens with one attached hydrogen (secondary N) is 1. The van der Waals surface area contributed by atoms with Crippen LogP contribution in [-0.2, 0) is 6.54 Å². The van der Waals surface area contributed by atoms with Gasteiger partial charge in [-0.25, -0.2) is 0 Å². The SMILES string of the molecule is c1ccc2c(c1)CN2. The van der Waals surface area contributed by atoms with Gasteiger partial charge in [-0.1, -0.05) is 18.2 Å². The van der Waals surface area contributed by atoms with Gasteiger partial charge in [0.15, 0.2) is 0 Å². The molecule has 1 aromatic rings. The van der Waals surface area contributed by atoms with Crippen molar-refractivity contribution < 1.29 is 0 Å². The second-order valence-corrected chi connectivity index (χ2v) is 2.01. The fraction of sp³-hybridized carbons (Fsp3) is 0.143. The van der Waals surface area contributed by atoms with Gasteiger partial charge in [0.25, 0.3) is 0 Å². The van der Waals surface area contributed by atoms with Crippen LogP contribution >= 0.6 is 0 Å². The predicted octanol–water partition coefficient (Wildman–Crippen LogP) is 1.61. The molecule has 8 heavy (non-hydrogen) atoms. The van der Waals surface area contributed by atoms with Crippen molar-refractivity contribution in [2.75, 3.05) is 5.32 Å². The summed E-state index contributed by atoms with van der Waals surface area (Å²) in [6.45, 7) is 1.05. The van der Waals surface area contributed by atoms with E-state index in [4.69, 9.17) is 0 Å². The van der Waals surface area contributed by atoms with E-state index in [0.717, 1.165) is 6.54 Å². The second kappa shape index (κ2) is 1.25. The lowest BCUT2D eigenvalue weighted by Crippen LogP contribution is -2.12. The monoisotopic (exact) mass is 105 g/mol. The molecule has 0 bridgehead atoms. The van der Waals surface area contributed by atoms with E-state index in [-0.39, 0.29) is 0 Å². The molecule has 1 aromatic carbocycles. The Hall–Kier alpha value is -0.980. The topological polar surface area (TPSA) is 12.0 Å². The molecule has 1 aliphatic rings. The fourth-order valence-corrected chi connectivity index (χ4v) is 0.931. The molecule has 0 amide bonds. The minimum absolute atomic E-state index is 1.05. The molecule has 1 heteroatoms. The van der Waals surface area contributed by atoms with E-state index in [1.54, 1.807) is 0 Å². The van der Waals surface area contributed by atoms with E-state index in [9.17, 15) is 0 Å². The highest BCUT2D eigenvalue weighted by Gasteiger charge is 2.07. The lowest BCUT2D eigenvalue weighted by molar-refractivity contribution is 1.05. The summed E-state index contributed by atoms with van der Waals surface area (Å²) in [7, 11) is 0. The van der Waals surface area contributed by atoms with Crippen LogP contribution in [0.2, 0.25) is 0 Å². The van der Waals surface area contributed by atoms with Gasteiger partial charge in [-0.3, -0.25) is 0 Å². The summed E-state index contributed by atoms with van der Waals surface area (Å²) in [5.74, 6) is 0. The van der Waals surface area contributed by atoms with Crippen LogP contribution in [0.25, 0.3) is 0 Å². The van der Waals surface area contributed by atoms with Gasteiger partial charge in [-0.2, -0.15) is 0 Å². The van der Waals surface area contributed by atoms with Gasteiger partial charge < -0.3 is 5.32 Å². The summed E-state index contributed by atoms with van der Waals surface area (Å²) >= 11 is 0. The first-order chi connectivity index (χ1) is 3.97. The van der Waals surface area contributed by atoms with Gasteiger partial charge in [-0.15, -0.1) is 0 Å². The highest BCUT2D eigenvalue weighted by Crippen LogP contribution is 2.23. The molecule has 0 fully saturated rings. The van der Waals surface area contributed by atoms with Crippen molar-refractivity contribution in [2.45, 2.75) is 6.54 Å². The fourth-order valence-electron chi connectivity index (χ4n) is 0.931. The smallest absolute Gasteiger partial charge is 0.0421 e. The average molecular weight is 105 g/mol. The van der Waals surface area contributed by atoms with Gasteiger partial charge in [0.05, 0.1) is 0 Å². The summed E-state index contributed by atoms with van der Waals surface area (Å²) in [6, 6.07) is 8.36. The molecule has 1 heterocycles. The van der Waals surface area contributed by atoms with Crippen molar-refractivity contribution in [3.8, 4) is 0 Å². The van der Waals surface area contributed by atoms with Gasteiger partial charge in [0, 0.05) is 12.2 Å². The first-order valence-corrected chi connectivity index (χ1v) is 2.78. The molecular weight excluding hydrogens is 98.1 g/mol. The van der Waals surface area contributed by atoms with Crippen molar-refractivity contribution >= 4 is 5.69 Å². The lowest BCUT2D eigenvalue weighted by atomic mass is 10.1. The zero-order chi connectivity index (χ0) is 5.40. The standard InChI is InChI=1S/C7H7N/c1-2-4-7-6(3-1)5-8-7/h1-4,8H,5H2. The van der Waals surface area contributed by atoms with E-state index < -0.39 is 0 Å². The van der Waals surface area contributed by atoms with E-state index in [0.29, 0.717) is 0 Å². The zero-order valence-corrected chi connectivity index (χ0v) is 4.52. The van der Waals surface area contributed by atoms with E-state index in [1.165, 1.54) is 11.3 Å². The van der Waals surface area contributed by atoms with Crippen molar-refractivity contribution in [3.63, 3.8) is 0 Å². The Balaban J connectivity index is 2.62. The highest BCUT2D eigenvalue weighted by molar-refractivity contribution is 5.58. The summed E-state index contributed by atoms with van der Waals surface area (Å²) in [5.41, 5.74) is 2.74. The Morgan fingerprint density at radius 1 is 1.25 bits per heavy atom. The Kier molecular flexibility index (Phi) is 0.618. The first-order valence-electron chi connectivity index (χ1n) is 2.78. The third kappa shape index (κ3) is 0.360. The number of para-hydroxylation sites is 1. The van der Waals surface area contributed by atoms with Crippen LogP contribution in [0.15, 0.2) is 24.3 Å². The number of anilines is 1. The van der Waals surface area contributed by atoms with Gasteiger partial charge in [-0.05, 0) is 11.6 Å². The number of hydrogen-bond acceptors (Lipinski definition) is 1. The molecule has 0 unspecified atom stereocenters. The molecule has 0 saturated carbocycles. The summed E-state index contributed by atoms with van der Waals surface area (Å²) in [6.07, 6.45) is 0. The molecule has 1 aliphatic heterocycles. The van der Waals surface area contributed by atoms with E-state index >= 15 is 0 Å². The lowest BCUT2D eigenvalue weighted by Gasteiger charge is -2.19. The molecule has 40 valence electrons. The molecule has 1 nitrogen and oxygen atoms in total. The maximum Gasteiger partial charge on any atom is 0.0421 e. The van der Waals surface area contributed by atoms with E-state index in [2.05, 4.69) is 23.5 Å². The predicted molar refractivity (Wildman–Crippen MR) is 33.8 cm³/mol.